The Balaban J connectivity index is 2.01. The first-order valence-corrected chi connectivity index (χ1v) is 7.24. The lowest BCUT2D eigenvalue weighted by Gasteiger charge is -2.22. The Labute approximate surface area is 128 Å². The van der Waals surface area contributed by atoms with Gasteiger partial charge in [-0.2, -0.15) is 0 Å². The molecule has 1 atom stereocenters. The Bertz CT molecular complexity index is 517. The number of halogens is 4. The molecule has 0 aromatic heterocycles. The molecule has 116 valence electrons. The molecule has 1 saturated heterocycles. The van der Waals surface area contributed by atoms with E-state index in [2.05, 4.69) is 31.3 Å². The van der Waals surface area contributed by atoms with E-state index in [0.717, 1.165) is 31.9 Å². The Kier molecular flexibility index (Phi) is 5.10. The van der Waals surface area contributed by atoms with Crippen LogP contribution in [0.3, 0.4) is 0 Å². The van der Waals surface area contributed by atoms with Gasteiger partial charge in [0, 0.05) is 5.69 Å². The van der Waals surface area contributed by atoms with Crippen LogP contribution in [0, 0.1) is 0 Å². The first-order chi connectivity index (χ1) is 9.85. The summed E-state index contributed by atoms with van der Waals surface area (Å²) < 4.78 is 40.4. The number of ether oxygens (including phenoxy) is 1. The highest BCUT2D eigenvalue weighted by Gasteiger charge is 2.32. The van der Waals surface area contributed by atoms with Crippen LogP contribution >= 0.6 is 15.9 Å². The molecular weight excluding hydrogens is 353 g/mol. The second kappa shape index (κ2) is 6.65. The third-order valence-corrected chi connectivity index (χ3v) is 3.67. The van der Waals surface area contributed by atoms with E-state index >= 15 is 0 Å². The highest BCUT2D eigenvalue weighted by atomic mass is 79.9. The van der Waals surface area contributed by atoms with Crippen molar-refractivity contribution < 1.29 is 22.7 Å². The molecule has 0 bridgehead atoms. The normalized spacial score (nSPS) is 19.1. The molecule has 0 aliphatic carbocycles. The van der Waals surface area contributed by atoms with Crippen molar-refractivity contribution in [2.75, 3.05) is 11.9 Å². The zero-order valence-corrected chi connectivity index (χ0v) is 12.6. The second-order valence-electron chi connectivity index (χ2n) is 4.68. The summed E-state index contributed by atoms with van der Waals surface area (Å²) >= 11 is 2.99. The molecular formula is C13H14BrF3N2O2. The van der Waals surface area contributed by atoms with Crippen LogP contribution in [0.2, 0.25) is 0 Å². The molecule has 1 aromatic rings. The highest BCUT2D eigenvalue weighted by molar-refractivity contribution is 9.10. The maximum atomic E-state index is 12.2. The van der Waals surface area contributed by atoms with Gasteiger partial charge in [-0.25, -0.2) is 0 Å². The van der Waals surface area contributed by atoms with Crippen molar-refractivity contribution in [2.24, 2.45) is 0 Å². The molecule has 1 amide bonds. The van der Waals surface area contributed by atoms with Crippen LogP contribution in [0.25, 0.3) is 0 Å². The van der Waals surface area contributed by atoms with E-state index in [0.29, 0.717) is 5.69 Å². The van der Waals surface area contributed by atoms with Gasteiger partial charge in [-0.15, -0.1) is 13.2 Å². The maximum Gasteiger partial charge on any atom is 0.573 e. The minimum Gasteiger partial charge on any atom is -0.405 e. The number of hydrogen-bond acceptors (Lipinski definition) is 3. The minimum absolute atomic E-state index is 0.120. The number of rotatable bonds is 3. The Hall–Kier alpha value is -1.28. The largest absolute Gasteiger partial charge is 0.573 e. The van der Waals surface area contributed by atoms with Gasteiger partial charge in [0.1, 0.15) is 5.75 Å². The minimum atomic E-state index is -4.75. The molecule has 2 N–H and O–H groups in total. The molecule has 1 heterocycles. The zero-order chi connectivity index (χ0) is 15.5. The van der Waals surface area contributed by atoms with Crippen molar-refractivity contribution in [3.8, 4) is 5.75 Å². The number of carbonyl (C=O) groups excluding carboxylic acids is 1. The van der Waals surface area contributed by atoms with E-state index in [1.165, 1.54) is 12.1 Å². The second-order valence-corrected chi connectivity index (χ2v) is 5.54. The van der Waals surface area contributed by atoms with E-state index < -0.39 is 6.36 Å². The summed E-state index contributed by atoms with van der Waals surface area (Å²) in [5, 5.41) is 5.77. The van der Waals surface area contributed by atoms with Gasteiger partial charge in [0.2, 0.25) is 5.91 Å². The van der Waals surface area contributed by atoms with E-state index in [4.69, 9.17) is 0 Å². The molecule has 0 radical (unpaired) electrons. The molecule has 2 rings (SSSR count). The molecule has 0 spiro atoms. The van der Waals surface area contributed by atoms with Crippen LogP contribution in [0.4, 0.5) is 18.9 Å². The predicted octanol–water partition coefficient (Wildman–Crippen LogP) is 3.43. The van der Waals surface area contributed by atoms with Crippen molar-refractivity contribution in [1.29, 1.82) is 0 Å². The number of anilines is 1. The molecule has 1 aromatic carbocycles. The third-order valence-electron chi connectivity index (χ3n) is 3.05. The molecule has 1 aliphatic rings. The fourth-order valence-electron chi connectivity index (χ4n) is 2.09. The summed E-state index contributed by atoms with van der Waals surface area (Å²) in [6.07, 6.45) is -1.98. The fourth-order valence-corrected chi connectivity index (χ4v) is 2.55. The van der Waals surface area contributed by atoms with Crippen molar-refractivity contribution in [2.45, 2.75) is 31.7 Å². The van der Waals surface area contributed by atoms with Gasteiger partial charge in [0.15, 0.2) is 0 Å². The van der Waals surface area contributed by atoms with Crippen molar-refractivity contribution >= 4 is 27.5 Å². The van der Waals surface area contributed by atoms with Crippen LogP contribution in [0.5, 0.6) is 5.75 Å². The molecule has 0 unspecified atom stereocenters. The van der Waals surface area contributed by atoms with Gasteiger partial charge in [-0.3, -0.25) is 4.79 Å². The third kappa shape index (κ3) is 4.89. The lowest BCUT2D eigenvalue weighted by atomic mass is 10.0. The lowest BCUT2D eigenvalue weighted by Crippen LogP contribution is -2.43. The van der Waals surface area contributed by atoms with Crippen LogP contribution in [0.1, 0.15) is 19.3 Å². The van der Waals surface area contributed by atoms with Gasteiger partial charge >= 0.3 is 6.36 Å². The van der Waals surface area contributed by atoms with Crippen LogP contribution in [-0.4, -0.2) is 24.9 Å². The number of alkyl halides is 3. The zero-order valence-electron chi connectivity index (χ0n) is 11.0. The number of piperidine rings is 1. The van der Waals surface area contributed by atoms with Crippen LogP contribution in [0.15, 0.2) is 22.7 Å². The number of carbonyl (C=O) groups is 1. The van der Waals surface area contributed by atoms with Gasteiger partial charge < -0.3 is 15.4 Å². The van der Waals surface area contributed by atoms with E-state index in [-0.39, 0.29) is 22.2 Å². The average molecular weight is 367 g/mol. The smallest absolute Gasteiger partial charge is 0.405 e. The molecule has 0 saturated carbocycles. The summed E-state index contributed by atoms with van der Waals surface area (Å²) in [7, 11) is 0. The van der Waals surface area contributed by atoms with Gasteiger partial charge in [0.05, 0.1) is 10.5 Å². The Morgan fingerprint density at radius 3 is 2.71 bits per heavy atom. The van der Waals surface area contributed by atoms with Gasteiger partial charge in [-0.1, -0.05) is 6.42 Å². The first-order valence-electron chi connectivity index (χ1n) is 6.45. The molecule has 4 nitrogen and oxygen atoms in total. The first kappa shape index (κ1) is 16.1. The van der Waals surface area contributed by atoms with E-state index in [1.807, 2.05) is 0 Å². The summed E-state index contributed by atoms with van der Waals surface area (Å²) in [6, 6.07) is 3.64. The predicted molar refractivity (Wildman–Crippen MR) is 75.1 cm³/mol. The molecule has 1 fully saturated rings. The van der Waals surface area contributed by atoms with Crippen LogP contribution < -0.4 is 15.4 Å². The summed E-state index contributed by atoms with van der Waals surface area (Å²) in [5.74, 6) is -0.539. The number of benzene rings is 1. The van der Waals surface area contributed by atoms with Crippen LogP contribution in [-0.2, 0) is 4.79 Å². The molecule has 1 aliphatic heterocycles. The van der Waals surface area contributed by atoms with Crippen molar-refractivity contribution in [1.82, 2.24) is 5.32 Å². The van der Waals surface area contributed by atoms with E-state index in [1.54, 1.807) is 0 Å². The quantitative estimate of drug-likeness (QED) is 0.861. The average Bonchev–Trinajstić information content (AvgIpc) is 2.41. The van der Waals surface area contributed by atoms with Crippen molar-refractivity contribution in [3.05, 3.63) is 22.7 Å². The fraction of sp³-hybridized carbons (Fsp3) is 0.462. The number of amides is 1. The SMILES string of the molecule is O=C(Nc1ccc(OC(F)(F)F)c(Br)c1)[C@H]1CCCCN1. The van der Waals surface area contributed by atoms with Gasteiger partial charge in [-0.05, 0) is 53.5 Å². The van der Waals surface area contributed by atoms with E-state index in [9.17, 15) is 18.0 Å². The van der Waals surface area contributed by atoms with Gasteiger partial charge in [0.25, 0.3) is 0 Å². The molecule has 8 heteroatoms. The topological polar surface area (TPSA) is 50.4 Å². The lowest BCUT2D eigenvalue weighted by molar-refractivity contribution is -0.274. The summed E-state index contributed by atoms with van der Waals surface area (Å²) in [4.78, 5) is 12.0. The summed E-state index contributed by atoms with van der Waals surface area (Å²) in [6.45, 7) is 0.792. The Morgan fingerprint density at radius 2 is 2.14 bits per heavy atom. The monoisotopic (exact) mass is 366 g/mol. The highest BCUT2D eigenvalue weighted by Crippen LogP contribution is 2.32. The number of hydrogen-bond donors (Lipinski definition) is 2. The summed E-state index contributed by atoms with van der Waals surface area (Å²) in [5.41, 5.74) is 0.411. The Morgan fingerprint density at radius 1 is 1.38 bits per heavy atom. The number of nitrogens with one attached hydrogen (secondary N) is 2. The maximum absolute atomic E-state index is 12.2. The molecule has 21 heavy (non-hydrogen) atoms. The standard InChI is InChI=1S/C13H14BrF3N2O2/c14-9-7-8(4-5-11(9)21-13(15,16)17)19-12(20)10-3-1-2-6-18-10/h4-5,7,10,18H,1-3,6H2,(H,19,20)/t10-/m1/s1. The van der Waals surface area contributed by atoms with Crippen molar-refractivity contribution in [3.63, 3.8) is 0 Å².